The quantitative estimate of drug-likeness (QED) is 0.478. The Labute approximate surface area is 215 Å². The van der Waals surface area contributed by atoms with Gasteiger partial charge in [-0.3, -0.25) is 9.59 Å². The third kappa shape index (κ3) is 5.55. The van der Waals surface area contributed by atoms with Crippen molar-refractivity contribution in [3.63, 3.8) is 0 Å². The Bertz CT molecular complexity index is 1360. The fraction of sp³-hybridized carbons (Fsp3) is 0.435. The van der Waals surface area contributed by atoms with Gasteiger partial charge in [0, 0.05) is 37.4 Å². The Balaban J connectivity index is 1.49. The third-order valence-electron chi connectivity index (χ3n) is 6.35. The maximum Gasteiger partial charge on any atom is 0.452 e. The number of allylic oxidation sites excluding steroid dienone is 1. The summed E-state index contributed by atoms with van der Waals surface area (Å²) in [6.07, 6.45) is -2.74. The maximum atomic E-state index is 13.2. The standard InChI is InChI=1S/C23H24F3N3O6S2/c1-29(2)19(30)9-7-13-5-3-4-6-14(13)15-12-22(15,21(31)32)28-37(33,34)20-10-8-17(36-20)16-11-18(35-27-16)23(24,25)26/h3-6,8,11,15,20,28H,7,9-10,12H2,1-2H3,(H,31,32). The number of amides is 1. The van der Waals surface area contributed by atoms with Crippen molar-refractivity contribution in [1.29, 1.82) is 0 Å². The number of aliphatic carboxylic acids is 1. The number of sulfonamides is 1. The molecule has 1 aliphatic heterocycles. The van der Waals surface area contributed by atoms with E-state index in [0.29, 0.717) is 18.1 Å². The predicted octanol–water partition coefficient (Wildman–Crippen LogP) is 3.45. The molecule has 1 aromatic carbocycles. The Morgan fingerprint density at radius 1 is 1.30 bits per heavy atom. The number of carbonyl (C=O) groups excluding carboxylic acids is 1. The highest BCUT2D eigenvalue weighted by Crippen LogP contribution is 2.54. The first-order valence-corrected chi connectivity index (χ1v) is 13.6. The Morgan fingerprint density at radius 2 is 2.00 bits per heavy atom. The lowest BCUT2D eigenvalue weighted by atomic mass is 9.97. The summed E-state index contributed by atoms with van der Waals surface area (Å²) in [6.45, 7) is 0. The zero-order valence-electron chi connectivity index (χ0n) is 19.8. The van der Waals surface area contributed by atoms with E-state index in [1.54, 1.807) is 38.4 Å². The molecule has 3 atom stereocenters. The molecule has 2 aromatic rings. The van der Waals surface area contributed by atoms with Crippen LogP contribution in [0, 0.1) is 0 Å². The summed E-state index contributed by atoms with van der Waals surface area (Å²) in [7, 11) is -0.940. The number of carboxylic acids is 1. The molecule has 4 rings (SSSR count). The molecule has 2 heterocycles. The van der Waals surface area contributed by atoms with Crippen molar-refractivity contribution in [2.45, 2.75) is 47.9 Å². The molecule has 2 aliphatic rings. The van der Waals surface area contributed by atoms with Crippen LogP contribution in [0.3, 0.4) is 0 Å². The first-order chi connectivity index (χ1) is 17.2. The number of thioether (sulfide) groups is 1. The van der Waals surface area contributed by atoms with E-state index >= 15 is 0 Å². The highest BCUT2D eigenvalue weighted by atomic mass is 32.3. The smallest absolute Gasteiger partial charge is 0.452 e. The molecule has 14 heteroatoms. The van der Waals surface area contributed by atoms with Gasteiger partial charge in [0.2, 0.25) is 21.7 Å². The fourth-order valence-corrected chi connectivity index (χ4v) is 7.39. The van der Waals surface area contributed by atoms with Gasteiger partial charge < -0.3 is 14.5 Å². The van der Waals surface area contributed by atoms with E-state index in [1.165, 1.54) is 11.0 Å². The van der Waals surface area contributed by atoms with Gasteiger partial charge in [-0.1, -0.05) is 35.5 Å². The second kappa shape index (κ2) is 9.80. The van der Waals surface area contributed by atoms with Crippen molar-refractivity contribution in [3.05, 3.63) is 59.0 Å². The molecular weight excluding hydrogens is 535 g/mol. The number of carbonyl (C=O) groups is 2. The van der Waals surface area contributed by atoms with Crippen molar-refractivity contribution in [2.24, 2.45) is 0 Å². The second-order valence-corrected chi connectivity index (χ2v) is 12.5. The number of nitrogens with zero attached hydrogens (tertiary/aromatic N) is 2. The number of hydrogen-bond acceptors (Lipinski definition) is 7. The third-order valence-corrected chi connectivity index (χ3v) is 10.0. The predicted molar refractivity (Wildman–Crippen MR) is 129 cm³/mol. The lowest BCUT2D eigenvalue weighted by Crippen LogP contribution is -2.47. The Kier molecular flexibility index (Phi) is 7.20. The summed E-state index contributed by atoms with van der Waals surface area (Å²) in [5, 5.41) is 13.4. The number of aryl methyl sites for hydroxylation is 1. The number of halogens is 3. The number of aromatic nitrogens is 1. The molecule has 3 unspecified atom stereocenters. The molecule has 0 saturated heterocycles. The van der Waals surface area contributed by atoms with Crippen LogP contribution < -0.4 is 4.72 Å². The number of alkyl halides is 3. The van der Waals surface area contributed by atoms with Gasteiger partial charge in [-0.05, 0) is 30.4 Å². The number of rotatable bonds is 9. The minimum atomic E-state index is -4.73. The van der Waals surface area contributed by atoms with Crippen LogP contribution in [-0.4, -0.2) is 59.7 Å². The second-order valence-electron chi connectivity index (χ2n) is 9.09. The molecule has 1 saturated carbocycles. The molecule has 0 radical (unpaired) electrons. The topological polar surface area (TPSA) is 130 Å². The highest BCUT2D eigenvalue weighted by molar-refractivity contribution is 8.18. The molecule has 37 heavy (non-hydrogen) atoms. The van der Waals surface area contributed by atoms with Gasteiger partial charge in [-0.25, -0.2) is 8.42 Å². The van der Waals surface area contributed by atoms with Crippen molar-refractivity contribution in [3.8, 4) is 0 Å². The average Bonchev–Trinajstić information content (AvgIpc) is 3.19. The van der Waals surface area contributed by atoms with Crippen LogP contribution in [0.1, 0.15) is 47.8 Å². The lowest BCUT2D eigenvalue weighted by Gasteiger charge is -2.20. The van der Waals surface area contributed by atoms with E-state index in [0.717, 1.165) is 17.3 Å². The van der Waals surface area contributed by atoms with E-state index in [1.807, 2.05) is 0 Å². The van der Waals surface area contributed by atoms with E-state index in [2.05, 4.69) is 14.4 Å². The monoisotopic (exact) mass is 559 g/mol. The molecule has 1 aromatic heterocycles. The van der Waals surface area contributed by atoms with Crippen LogP contribution in [0.15, 0.2) is 40.9 Å². The van der Waals surface area contributed by atoms with Crippen molar-refractivity contribution >= 4 is 38.6 Å². The number of carboxylic acid groups (broad SMARTS) is 1. The first-order valence-electron chi connectivity index (χ1n) is 11.2. The normalized spacial score (nSPS) is 23.5. The molecule has 1 fully saturated rings. The van der Waals surface area contributed by atoms with Gasteiger partial charge in [0.1, 0.15) is 15.8 Å². The van der Waals surface area contributed by atoms with E-state index < -0.39 is 44.0 Å². The molecule has 0 bridgehead atoms. The van der Waals surface area contributed by atoms with Crippen molar-refractivity contribution in [2.75, 3.05) is 14.1 Å². The maximum absolute atomic E-state index is 13.2. The average molecular weight is 560 g/mol. The zero-order chi connectivity index (χ0) is 27.2. The number of nitrogens with one attached hydrogen (secondary N) is 1. The molecule has 200 valence electrons. The minimum absolute atomic E-state index is 0.0239. The zero-order valence-corrected chi connectivity index (χ0v) is 21.4. The summed E-state index contributed by atoms with van der Waals surface area (Å²) < 4.78 is 70.3. The van der Waals surface area contributed by atoms with Crippen molar-refractivity contribution < 1.29 is 40.8 Å². The van der Waals surface area contributed by atoms with Gasteiger partial charge >= 0.3 is 12.1 Å². The van der Waals surface area contributed by atoms with Gasteiger partial charge in [0.15, 0.2) is 0 Å². The molecule has 1 aliphatic carbocycles. The van der Waals surface area contributed by atoms with Gasteiger partial charge in [0.25, 0.3) is 0 Å². The van der Waals surface area contributed by atoms with Crippen LogP contribution >= 0.6 is 11.8 Å². The fourth-order valence-electron chi connectivity index (χ4n) is 4.24. The number of benzene rings is 1. The van der Waals surface area contributed by atoms with Crippen LogP contribution in [0.2, 0.25) is 0 Å². The molecule has 1 amide bonds. The summed E-state index contributed by atoms with van der Waals surface area (Å²) >= 11 is 0.775. The van der Waals surface area contributed by atoms with Gasteiger partial charge in [-0.2, -0.15) is 17.9 Å². The van der Waals surface area contributed by atoms with Gasteiger partial charge in [-0.15, -0.1) is 11.8 Å². The SMILES string of the molecule is CN(C)C(=O)CCc1ccccc1C1CC1(NS(=O)(=O)C1CC=C(c2cc(C(F)(F)F)on2)S1)C(=O)O. The summed E-state index contributed by atoms with van der Waals surface area (Å²) in [5.41, 5.74) is -0.496. The molecule has 0 spiro atoms. The molecule has 9 nitrogen and oxygen atoms in total. The lowest BCUT2D eigenvalue weighted by molar-refractivity contribution is -0.155. The Hall–Kier alpha value is -2.84. The summed E-state index contributed by atoms with van der Waals surface area (Å²) in [5.74, 6) is -3.37. The molecule has 2 N–H and O–H groups in total. The largest absolute Gasteiger partial charge is 0.480 e. The van der Waals surface area contributed by atoms with Gasteiger partial charge in [0.05, 0.1) is 0 Å². The highest BCUT2D eigenvalue weighted by Gasteiger charge is 2.64. The van der Waals surface area contributed by atoms with Crippen LogP contribution in [-0.2, 0) is 32.2 Å². The van der Waals surface area contributed by atoms with Crippen LogP contribution in [0.5, 0.6) is 0 Å². The number of hydrogen-bond donors (Lipinski definition) is 2. The van der Waals surface area contributed by atoms with E-state index in [-0.39, 0.29) is 35.8 Å². The first kappa shape index (κ1) is 27.2. The van der Waals surface area contributed by atoms with E-state index in [4.69, 9.17) is 0 Å². The summed E-state index contributed by atoms with van der Waals surface area (Å²) in [6, 6.07) is 7.70. The van der Waals surface area contributed by atoms with E-state index in [9.17, 15) is 36.3 Å². The van der Waals surface area contributed by atoms with Crippen LogP contribution in [0.4, 0.5) is 13.2 Å². The minimum Gasteiger partial charge on any atom is -0.480 e. The van der Waals surface area contributed by atoms with Crippen LogP contribution in [0.25, 0.3) is 4.91 Å². The molecular formula is C23H24F3N3O6S2. The van der Waals surface area contributed by atoms with Crippen molar-refractivity contribution in [1.82, 2.24) is 14.8 Å². The Morgan fingerprint density at radius 3 is 2.62 bits per heavy atom. The summed E-state index contributed by atoms with van der Waals surface area (Å²) in [4.78, 5) is 26.0.